The lowest BCUT2D eigenvalue weighted by atomic mass is 10.1. The van der Waals surface area contributed by atoms with Gasteiger partial charge in [0.15, 0.2) is 5.82 Å². The van der Waals surface area contributed by atoms with Gasteiger partial charge in [-0.25, -0.2) is 19.8 Å². The molecule has 12 heteroatoms. The van der Waals surface area contributed by atoms with Gasteiger partial charge in [-0.05, 0) is 82.9 Å². The number of rotatable bonds is 8. The maximum atomic E-state index is 13.8. The minimum atomic E-state index is -0.685. The molecule has 1 N–H and O–H groups in total. The first-order chi connectivity index (χ1) is 22.3. The number of carbonyl (C=O) groups excluding carboxylic acids is 3. The Morgan fingerprint density at radius 2 is 1.87 bits per heavy atom. The molecule has 4 heterocycles. The average molecular weight is 641 g/mol. The van der Waals surface area contributed by atoms with E-state index in [1.165, 1.54) is 18.9 Å². The zero-order chi connectivity index (χ0) is 33.6. The van der Waals surface area contributed by atoms with E-state index >= 15 is 0 Å². The minimum absolute atomic E-state index is 0.189. The van der Waals surface area contributed by atoms with Gasteiger partial charge in [0.25, 0.3) is 11.8 Å². The number of nitrogens with zero attached hydrogens (tertiary/aromatic N) is 7. The fourth-order valence-corrected chi connectivity index (χ4v) is 6.37. The van der Waals surface area contributed by atoms with Gasteiger partial charge in [0.1, 0.15) is 11.2 Å². The number of benzene rings is 1. The molecule has 12 nitrogen and oxygen atoms in total. The van der Waals surface area contributed by atoms with Crippen LogP contribution in [0.25, 0.3) is 33.6 Å². The molecule has 0 spiro atoms. The predicted molar refractivity (Wildman–Crippen MR) is 180 cm³/mol. The van der Waals surface area contributed by atoms with Crippen LogP contribution in [0.2, 0.25) is 0 Å². The summed E-state index contributed by atoms with van der Waals surface area (Å²) in [6, 6.07) is 10.6. The lowest BCUT2D eigenvalue weighted by molar-refractivity contribution is -0.144. The summed E-state index contributed by atoms with van der Waals surface area (Å²) in [5.41, 5.74) is 3.30. The molecule has 0 bridgehead atoms. The third kappa shape index (κ3) is 6.60. The molecule has 2 fully saturated rings. The van der Waals surface area contributed by atoms with Crippen molar-refractivity contribution in [2.75, 3.05) is 27.2 Å². The number of hydrogen-bond acceptors (Lipinski definition) is 7. The standard InChI is InChI=1S/C35H44N8O4/c1-8-10-30(44)43(39(5)6)29-21-41(34(46)47-35(2,3)4)20-26(29)38-33(45)24-14-15-27-25(17-24)37-32(40(27)7)28-18-23-11-9-16-36-31(23)42(28)19-22-12-13-22/h8-11,14-18,22,26,29H,12-13,19-21H2,1-7H3,(H,38,45)/t26-,29-/m1/s1. The molecule has 1 aliphatic carbocycles. The number of hydrazine groups is 1. The monoisotopic (exact) mass is 640 g/mol. The van der Waals surface area contributed by atoms with Crippen molar-refractivity contribution in [1.29, 1.82) is 0 Å². The quantitative estimate of drug-likeness (QED) is 0.221. The van der Waals surface area contributed by atoms with E-state index in [2.05, 4.69) is 31.6 Å². The Morgan fingerprint density at radius 3 is 2.55 bits per heavy atom. The summed E-state index contributed by atoms with van der Waals surface area (Å²) < 4.78 is 9.96. The van der Waals surface area contributed by atoms with E-state index in [0.29, 0.717) is 17.0 Å². The molecule has 2 aliphatic rings. The number of aryl methyl sites for hydroxylation is 1. The van der Waals surface area contributed by atoms with E-state index in [0.717, 1.165) is 34.6 Å². The Hall–Kier alpha value is -4.71. The number of aromatic nitrogens is 4. The molecule has 6 rings (SSSR count). The van der Waals surface area contributed by atoms with Crippen molar-refractivity contribution in [2.45, 2.75) is 64.8 Å². The maximum absolute atomic E-state index is 13.8. The van der Waals surface area contributed by atoms with Crippen molar-refractivity contribution in [3.8, 4) is 11.5 Å². The Morgan fingerprint density at radius 1 is 1.11 bits per heavy atom. The smallest absolute Gasteiger partial charge is 0.410 e. The fraction of sp³-hybridized carbons (Fsp3) is 0.457. The van der Waals surface area contributed by atoms with Crippen molar-refractivity contribution in [3.05, 3.63) is 60.3 Å². The molecule has 2 atom stereocenters. The number of fused-ring (bicyclic) bond motifs is 2. The topological polar surface area (TPSA) is 118 Å². The molecular weight excluding hydrogens is 596 g/mol. The molecule has 0 unspecified atom stereocenters. The highest BCUT2D eigenvalue weighted by Gasteiger charge is 2.43. The van der Waals surface area contributed by atoms with Gasteiger partial charge in [-0.15, -0.1) is 0 Å². The molecule has 1 saturated carbocycles. The van der Waals surface area contributed by atoms with Crippen molar-refractivity contribution in [3.63, 3.8) is 0 Å². The Bertz CT molecular complexity index is 1860. The van der Waals surface area contributed by atoms with Gasteiger partial charge in [-0.2, -0.15) is 0 Å². The van der Waals surface area contributed by atoms with Gasteiger partial charge < -0.3 is 24.1 Å². The average Bonchev–Trinajstić information content (AvgIpc) is 3.50. The summed E-state index contributed by atoms with van der Waals surface area (Å²) in [5.74, 6) is 0.900. The van der Waals surface area contributed by atoms with Crippen LogP contribution in [0.4, 0.5) is 4.79 Å². The molecule has 0 radical (unpaired) electrons. The van der Waals surface area contributed by atoms with Crippen LogP contribution >= 0.6 is 0 Å². The van der Waals surface area contributed by atoms with Gasteiger partial charge >= 0.3 is 6.09 Å². The number of nitrogens with one attached hydrogen (secondary N) is 1. The summed E-state index contributed by atoms with van der Waals surface area (Å²) in [5, 5.41) is 7.44. The highest BCUT2D eigenvalue weighted by molar-refractivity contribution is 5.98. The van der Waals surface area contributed by atoms with E-state index < -0.39 is 23.8 Å². The van der Waals surface area contributed by atoms with Crippen molar-refractivity contribution in [2.24, 2.45) is 13.0 Å². The summed E-state index contributed by atoms with van der Waals surface area (Å²) in [6.45, 7) is 8.49. The van der Waals surface area contributed by atoms with Gasteiger partial charge in [0.2, 0.25) is 0 Å². The number of carbonyl (C=O) groups is 3. The molecule has 3 amide bonds. The minimum Gasteiger partial charge on any atom is -0.444 e. The first kappa shape index (κ1) is 32.2. The van der Waals surface area contributed by atoms with Crippen LogP contribution in [0.5, 0.6) is 0 Å². The zero-order valence-electron chi connectivity index (χ0n) is 28.2. The SMILES string of the molecule is CC=CC(=O)N([C@@H]1CN(C(=O)OC(C)(C)C)C[C@H]1NC(=O)c1ccc2c(c1)nc(-c1cc3cccnc3n1CC1CC1)n2C)N(C)C. The van der Waals surface area contributed by atoms with Crippen LogP contribution < -0.4 is 5.32 Å². The van der Waals surface area contributed by atoms with Crippen LogP contribution in [0.15, 0.2) is 54.7 Å². The summed E-state index contributed by atoms with van der Waals surface area (Å²) >= 11 is 0. The van der Waals surface area contributed by atoms with E-state index in [1.54, 1.807) is 54.1 Å². The van der Waals surface area contributed by atoms with Crippen molar-refractivity contribution in [1.82, 2.24) is 39.3 Å². The highest BCUT2D eigenvalue weighted by Crippen LogP contribution is 2.36. The maximum Gasteiger partial charge on any atom is 0.410 e. The van der Waals surface area contributed by atoms with E-state index in [1.807, 2.05) is 46.1 Å². The van der Waals surface area contributed by atoms with Gasteiger partial charge in [0.05, 0.1) is 28.8 Å². The summed E-state index contributed by atoms with van der Waals surface area (Å²) in [4.78, 5) is 51.3. The number of allylic oxidation sites excluding steroid dienone is 1. The molecule has 1 aliphatic heterocycles. The number of hydrogen-bond donors (Lipinski definition) is 1. The van der Waals surface area contributed by atoms with Crippen LogP contribution in [-0.4, -0.2) is 96.8 Å². The van der Waals surface area contributed by atoms with Crippen LogP contribution in [-0.2, 0) is 23.1 Å². The van der Waals surface area contributed by atoms with E-state index in [4.69, 9.17) is 9.72 Å². The molecule has 248 valence electrons. The number of amides is 3. The summed E-state index contributed by atoms with van der Waals surface area (Å²) in [6.07, 6.45) is 6.92. The van der Waals surface area contributed by atoms with E-state index in [9.17, 15) is 14.4 Å². The largest absolute Gasteiger partial charge is 0.444 e. The third-order valence-electron chi connectivity index (χ3n) is 8.70. The lowest BCUT2D eigenvalue weighted by Crippen LogP contribution is -2.57. The Balaban J connectivity index is 1.30. The molecule has 4 aromatic rings. The van der Waals surface area contributed by atoms with E-state index in [-0.39, 0.29) is 24.9 Å². The predicted octanol–water partition coefficient (Wildman–Crippen LogP) is 4.60. The van der Waals surface area contributed by atoms with Crippen molar-refractivity contribution >= 4 is 40.0 Å². The van der Waals surface area contributed by atoms with Crippen LogP contribution in [0.3, 0.4) is 0 Å². The van der Waals surface area contributed by atoms with Gasteiger partial charge in [-0.1, -0.05) is 6.08 Å². The zero-order valence-corrected chi connectivity index (χ0v) is 28.2. The lowest BCUT2D eigenvalue weighted by Gasteiger charge is -2.36. The number of ether oxygens (including phenoxy) is 1. The molecule has 1 aromatic carbocycles. The van der Waals surface area contributed by atoms with Crippen LogP contribution in [0, 0.1) is 5.92 Å². The van der Waals surface area contributed by atoms with Gasteiger partial charge in [-0.3, -0.25) is 14.6 Å². The third-order valence-corrected chi connectivity index (χ3v) is 8.70. The first-order valence-electron chi connectivity index (χ1n) is 16.2. The second kappa shape index (κ2) is 12.5. The number of imidazole rings is 1. The number of likely N-dealkylation sites (tertiary alicyclic amines) is 1. The first-order valence-corrected chi connectivity index (χ1v) is 16.2. The molecular formula is C35H44N8O4. The Labute approximate surface area is 274 Å². The summed E-state index contributed by atoms with van der Waals surface area (Å²) in [7, 11) is 5.52. The van der Waals surface area contributed by atoms with Crippen molar-refractivity contribution < 1.29 is 19.1 Å². The highest BCUT2D eigenvalue weighted by atomic mass is 16.6. The second-order valence-corrected chi connectivity index (χ2v) is 13.8. The van der Waals surface area contributed by atoms with Gasteiger partial charge in [0, 0.05) is 64.0 Å². The molecule has 1 saturated heterocycles. The molecule has 47 heavy (non-hydrogen) atoms. The molecule has 3 aromatic heterocycles. The normalized spacial score (nSPS) is 18.5. The Kier molecular flexibility index (Phi) is 8.56. The second-order valence-electron chi connectivity index (χ2n) is 13.8. The number of pyridine rings is 1. The fourth-order valence-electron chi connectivity index (χ4n) is 6.37. The van der Waals surface area contributed by atoms with Crippen LogP contribution in [0.1, 0.15) is 50.9 Å².